The minimum atomic E-state index is -0.0128. The molecule has 1 amide bonds. The number of rotatable bonds is 6. The van der Waals surface area contributed by atoms with Crippen LogP contribution in [0, 0.1) is 13.8 Å². The van der Waals surface area contributed by atoms with Crippen LogP contribution >= 0.6 is 11.8 Å². The summed E-state index contributed by atoms with van der Waals surface area (Å²) >= 11 is 1.55. The molecule has 0 aliphatic carbocycles. The lowest BCUT2D eigenvalue weighted by molar-refractivity contribution is -0.121. The lowest BCUT2D eigenvalue weighted by Crippen LogP contribution is -2.35. The number of carbonyl (C=O) groups is 1. The number of anilines is 1. The summed E-state index contributed by atoms with van der Waals surface area (Å²) in [5.74, 6) is 1.62. The number of carbonyl (C=O) groups excluding carboxylic acids is 1. The molecule has 3 aromatic heterocycles. The van der Waals surface area contributed by atoms with Crippen molar-refractivity contribution in [3.63, 3.8) is 0 Å². The second kappa shape index (κ2) is 9.22. The molecule has 0 spiro atoms. The summed E-state index contributed by atoms with van der Waals surface area (Å²) in [5.41, 5.74) is 11.2. The van der Waals surface area contributed by atoms with Gasteiger partial charge in [-0.2, -0.15) is 10.1 Å². The van der Waals surface area contributed by atoms with Gasteiger partial charge in [-0.15, -0.1) is 11.8 Å². The molecular weight excluding hydrogens is 454 g/mol. The molecular formula is C23H27N7O3S. The Morgan fingerprint density at radius 2 is 2.24 bits per heavy atom. The lowest BCUT2D eigenvalue weighted by Gasteiger charge is -2.13. The van der Waals surface area contributed by atoms with E-state index < -0.39 is 0 Å². The topological polar surface area (TPSA) is 130 Å². The van der Waals surface area contributed by atoms with Gasteiger partial charge in [0.1, 0.15) is 10.8 Å². The van der Waals surface area contributed by atoms with Crippen molar-refractivity contribution in [1.29, 1.82) is 0 Å². The molecule has 10 nitrogen and oxygen atoms in total. The highest BCUT2D eigenvalue weighted by molar-refractivity contribution is 7.99. The number of nitrogens with one attached hydrogen (secondary N) is 1. The van der Waals surface area contributed by atoms with Gasteiger partial charge in [0.15, 0.2) is 5.65 Å². The summed E-state index contributed by atoms with van der Waals surface area (Å²) in [6, 6.07) is 0.0857. The summed E-state index contributed by atoms with van der Waals surface area (Å²) in [7, 11) is 1.66. The zero-order chi connectivity index (χ0) is 23.8. The van der Waals surface area contributed by atoms with Gasteiger partial charge in [-0.3, -0.25) is 9.78 Å². The molecule has 11 heteroatoms. The maximum Gasteiger partial charge on any atom is 0.224 e. The minimum Gasteiger partial charge on any atom is -0.496 e. The molecule has 0 aromatic carbocycles. The van der Waals surface area contributed by atoms with Crippen LogP contribution in [0.25, 0.3) is 17.1 Å². The third kappa shape index (κ3) is 4.32. The normalized spacial score (nSPS) is 17.5. The van der Waals surface area contributed by atoms with E-state index >= 15 is 0 Å². The Kier molecular flexibility index (Phi) is 6.13. The van der Waals surface area contributed by atoms with Crippen LogP contribution in [0.2, 0.25) is 0 Å². The average molecular weight is 482 g/mol. The van der Waals surface area contributed by atoms with Crippen LogP contribution in [0.3, 0.4) is 0 Å². The lowest BCUT2D eigenvalue weighted by atomic mass is 10.1. The predicted molar refractivity (Wildman–Crippen MR) is 130 cm³/mol. The zero-order valence-corrected chi connectivity index (χ0v) is 20.2. The Balaban J connectivity index is 1.48. The highest BCUT2D eigenvalue weighted by Gasteiger charge is 2.24. The number of aromatic nitrogens is 5. The van der Waals surface area contributed by atoms with Crippen LogP contribution in [0.5, 0.6) is 5.75 Å². The van der Waals surface area contributed by atoms with Crippen molar-refractivity contribution in [3.8, 4) is 5.75 Å². The molecule has 0 saturated carbocycles. The van der Waals surface area contributed by atoms with E-state index in [-0.39, 0.29) is 17.9 Å². The number of methoxy groups -OCH3 is 1. The fourth-order valence-electron chi connectivity index (χ4n) is 4.40. The van der Waals surface area contributed by atoms with Crippen LogP contribution < -0.4 is 15.8 Å². The number of ether oxygens (including phenoxy) is 2. The van der Waals surface area contributed by atoms with Gasteiger partial charge in [-0.1, -0.05) is 0 Å². The molecule has 2 aliphatic rings. The van der Waals surface area contributed by atoms with E-state index in [4.69, 9.17) is 20.3 Å². The van der Waals surface area contributed by atoms with Gasteiger partial charge in [-0.25, -0.2) is 9.67 Å². The standard InChI is InChI=1S/C23H27N7O3S/c1-12-8-25-17(13(2)20(12)32-3)9-30-21-19-16(29-30)6-14(11-34-22(19)28-23(24)27-21)7-18(31)26-15-4-5-33-10-15/h6,8,15H,4-5,7,9-11H2,1-3H3,(H,26,31)(H2,24,27,28)/t15-/m0/s1. The molecule has 1 fully saturated rings. The van der Waals surface area contributed by atoms with Crippen molar-refractivity contribution < 1.29 is 14.3 Å². The molecule has 1 atom stereocenters. The van der Waals surface area contributed by atoms with Crippen molar-refractivity contribution in [2.45, 2.75) is 44.3 Å². The van der Waals surface area contributed by atoms with Crippen molar-refractivity contribution in [2.75, 3.05) is 31.8 Å². The molecule has 3 aromatic rings. The van der Waals surface area contributed by atoms with E-state index in [2.05, 4.69) is 20.3 Å². The van der Waals surface area contributed by atoms with Crippen molar-refractivity contribution in [1.82, 2.24) is 30.0 Å². The van der Waals surface area contributed by atoms with Gasteiger partial charge in [0, 0.05) is 36.1 Å². The molecule has 0 radical (unpaired) electrons. The fourth-order valence-corrected chi connectivity index (χ4v) is 5.41. The monoisotopic (exact) mass is 481 g/mol. The Bertz CT molecular complexity index is 1300. The molecule has 0 bridgehead atoms. The summed E-state index contributed by atoms with van der Waals surface area (Å²) in [6.45, 7) is 5.62. The molecule has 3 N–H and O–H groups in total. The summed E-state index contributed by atoms with van der Waals surface area (Å²) in [5, 5.41) is 9.50. The van der Waals surface area contributed by atoms with Gasteiger partial charge in [0.25, 0.3) is 0 Å². The van der Waals surface area contributed by atoms with Crippen molar-refractivity contribution in [2.24, 2.45) is 0 Å². The van der Waals surface area contributed by atoms with Crippen LogP contribution in [0.4, 0.5) is 5.95 Å². The molecule has 2 aliphatic heterocycles. The first-order valence-corrected chi connectivity index (χ1v) is 12.1. The van der Waals surface area contributed by atoms with Gasteiger partial charge >= 0.3 is 0 Å². The molecule has 0 unspecified atom stereocenters. The van der Waals surface area contributed by atoms with E-state index in [1.165, 1.54) is 0 Å². The number of nitrogen functional groups attached to an aromatic ring is 1. The van der Waals surface area contributed by atoms with E-state index in [0.29, 0.717) is 37.6 Å². The number of pyridine rings is 1. The highest BCUT2D eigenvalue weighted by atomic mass is 32.2. The van der Waals surface area contributed by atoms with Gasteiger partial charge in [-0.05, 0) is 31.9 Å². The van der Waals surface area contributed by atoms with Crippen LogP contribution in [0.1, 0.15) is 35.4 Å². The molecule has 1 saturated heterocycles. The van der Waals surface area contributed by atoms with Gasteiger partial charge in [0.05, 0.1) is 43.1 Å². The van der Waals surface area contributed by atoms with E-state index in [1.807, 2.05) is 19.9 Å². The fraction of sp³-hybridized carbons (Fsp3) is 0.435. The third-order valence-corrected chi connectivity index (χ3v) is 7.15. The Hall–Kier alpha value is -3.18. The number of nitrogens with two attached hydrogens (primary N) is 1. The number of aryl methyl sites for hydroxylation is 1. The van der Waals surface area contributed by atoms with Gasteiger partial charge < -0.3 is 20.5 Å². The summed E-state index contributed by atoms with van der Waals surface area (Å²) < 4.78 is 12.7. The van der Waals surface area contributed by atoms with E-state index in [0.717, 1.165) is 50.7 Å². The Morgan fingerprint density at radius 3 is 3.00 bits per heavy atom. The number of nitrogens with zero attached hydrogens (tertiary/aromatic N) is 5. The smallest absolute Gasteiger partial charge is 0.224 e. The molecule has 178 valence electrons. The third-order valence-electron chi connectivity index (χ3n) is 6.07. The summed E-state index contributed by atoms with van der Waals surface area (Å²) in [6.07, 6.45) is 4.92. The van der Waals surface area contributed by atoms with E-state index in [9.17, 15) is 4.79 Å². The van der Waals surface area contributed by atoms with Crippen LogP contribution in [0.15, 0.2) is 16.8 Å². The average Bonchev–Trinajstić information content (AvgIpc) is 3.38. The first-order valence-electron chi connectivity index (χ1n) is 11.2. The zero-order valence-electron chi connectivity index (χ0n) is 19.4. The molecule has 5 heterocycles. The quantitative estimate of drug-likeness (QED) is 0.509. The maximum absolute atomic E-state index is 12.6. The van der Waals surface area contributed by atoms with Gasteiger partial charge in [0.2, 0.25) is 11.9 Å². The number of thioether (sulfide) groups is 1. The highest BCUT2D eigenvalue weighted by Crippen LogP contribution is 2.35. The minimum absolute atomic E-state index is 0.0128. The Morgan fingerprint density at radius 1 is 1.38 bits per heavy atom. The van der Waals surface area contributed by atoms with Crippen LogP contribution in [-0.4, -0.2) is 62.8 Å². The number of amides is 1. The second-order valence-electron chi connectivity index (χ2n) is 8.57. The molecule has 34 heavy (non-hydrogen) atoms. The molecule has 5 rings (SSSR count). The number of hydrogen-bond donors (Lipinski definition) is 2. The van der Waals surface area contributed by atoms with Crippen molar-refractivity contribution >= 4 is 40.7 Å². The first kappa shape index (κ1) is 22.6. The first-order chi connectivity index (χ1) is 16.4. The predicted octanol–water partition coefficient (Wildman–Crippen LogP) is 2.26. The van der Waals surface area contributed by atoms with E-state index in [1.54, 1.807) is 29.8 Å². The Labute approximate surface area is 201 Å². The van der Waals surface area contributed by atoms with Crippen LogP contribution in [-0.2, 0) is 16.1 Å². The van der Waals surface area contributed by atoms with Crippen molar-refractivity contribution in [3.05, 3.63) is 34.3 Å². The maximum atomic E-state index is 12.6. The number of hydrogen-bond acceptors (Lipinski definition) is 9. The second-order valence-corrected chi connectivity index (χ2v) is 9.53. The SMILES string of the molecule is COc1c(C)cnc(Cn2nc3c4c(nc(N)nc42)SCC(CC(=O)N[C@H]2CCOC2)=C3)c1C. The largest absolute Gasteiger partial charge is 0.496 e. The summed E-state index contributed by atoms with van der Waals surface area (Å²) in [4.78, 5) is 26.2.